The molecule has 0 saturated carbocycles. The quantitative estimate of drug-likeness (QED) is 0.904. The second-order valence-electron chi connectivity index (χ2n) is 6.87. The highest BCUT2D eigenvalue weighted by Crippen LogP contribution is 2.24. The molecule has 0 aliphatic heterocycles. The van der Waals surface area contributed by atoms with Crippen molar-refractivity contribution in [2.45, 2.75) is 46.1 Å². The second-order valence-corrected chi connectivity index (χ2v) is 6.87. The molecule has 2 rings (SSSR count). The Morgan fingerprint density at radius 1 is 1.09 bits per heavy atom. The van der Waals surface area contributed by atoms with Gasteiger partial charge in [0.15, 0.2) is 0 Å². The van der Waals surface area contributed by atoms with E-state index in [0.29, 0.717) is 11.5 Å². The van der Waals surface area contributed by atoms with Gasteiger partial charge in [0.25, 0.3) is 5.91 Å². The number of anilines is 2. The van der Waals surface area contributed by atoms with E-state index in [1.165, 1.54) is 11.9 Å². The van der Waals surface area contributed by atoms with E-state index in [1.54, 1.807) is 6.07 Å². The van der Waals surface area contributed by atoms with E-state index in [2.05, 4.69) is 53.5 Å². The maximum absolute atomic E-state index is 12.0. The molecule has 23 heavy (non-hydrogen) atoms. The molecule has 1 aromatic heterocycles. The van der Waals surface area contributed by atoms with Gasteiger partial charge in [0.05, 0.1) is 0 Å². The normalized spacial score (nSPS) is 11.4. The fraction of sp³-hybridized carbons (Fsp3) is 0.389. The zero-order valence-electron chi connectivity index (χ0n) is 14.3. The predicted octanol–water partition coefficient (Wildman–Crippen LogP) is 3.66. The molecule has 5 nitrogen and oxygen atoms in total. The maximum atomic E-state index is 12.0. The molecule has 0 aliphatic rings. The monoisotopic (exact) mass is 312 g/mol. The van der Waals surface area contributed by atoms with Gasteiger partial charge in [-0.05, 0) is 37.0 Å². The Morgan fingerprint density at radius 2 is 1.74 bits per heavy atom. The van der Waals surface area contributed by atoms with Crippen LogP contribution in [0.5, 0.6) is 0 Å². The van der Waals surface area contributed by atoms with E-state index in [0.717, 1.165) is 5.69 Å². The number of aromatic nitrogens is 2. The van der Waals surface area contributed by atoms with Crippen molar-refractivity contribution < 1.29 is 4.79 Å². The third-order valence-electron chi connectivity index (χ3n) is 3.34. The van der Waals surface area contributed by atoms with Gasteiger partial charge in [0.1, 0.15) is 17.8 Å². The number of hydrogen-bond acceptors (Lipinski definition) is 4. The van der Waals surface area contributed by atoms with Crippen LogP contribution >= 0.6 is 0 Å². The van der Waals surface area contributed by atoms with Gasteiger partial charge in [-0.15, -0.1) is 0 Å². The van der Waals surface area contributed by atoms with Crippen LogP contribution in [0.15, 0.2) is 36.7 Å². The molecule has 122 valence electrons. The largest absolute Gasteiger partial charge is 0.349 e. The predicted molar refractivity (Wildman–Crippen MR) is 93.1 cm³/mol. The number of nitrogens with one attached hydrogen (secondary N) is 2. The first-order valence-corrected chi connectivity index (χ1v) is 7.76. The van der Waals surface area contributed by atoms with Gasteiger partial charge in [-0.25, -0.2) is 9.97 Å². The van der Waals surface area contributed by atoms with Crippen molar-refractivity contribution in [2.75, 3.05) is 5.32 Å². The molecule has 1 aromatic carbocycles. The van der Waals surface area contributed by atoms with E-state index in [1.807, 2.05) is 26.0 Å². The molecule has 0 fully saturated rings. The molecule has 0 spiro atoms. The van der Waals surface area contributed by atoms with Crippen molar-refractivity contribution in [3.63, 3.8) is 0 Å². The lowest BCUT2D eigenvalue weighted by molar-refractivity contribution is 0.0938. The molecule has 2 N–H and O–H groups in total. The van der Waals surface area contributed by atoms with E-state index in [4.69, 9.17) is 0 Å². The smallest absolute Gasteiger partial charge is 0.270 e. The number of benzene rings is 1. The summed E-state index contributed by atoms with van der Waals surface area (Å²) in [6, 6.07) is 9.92. The molecule has 0 aliphatic carbocycles. The molecule has 0 unspecified atom stereocenters. The molecule has 5 heteroatoms. The summed E-state index contributed by atoms with van der Waals surface area (Å²) in [6.07, 6.45) is 1.39. The summed E-state index contributed by atoms with van der Waals surface area (Å²) >= 11 is 0. The lowest BCUT2D eigenvalue weighted by atomic mass is 9.87. The second kappa shape index (κ2) is 6.77. The maximum Gasteiger partial charge on any atom is 0.270 e. The van der Waals surface area contributed by atoms with Crippen LogP contribution in [-0.2, 0) is 5.41 Å². The lowest BCUT2D eigenvalue weighted by Gasteiger charge is -2.19. The van der Waals surface area contributed by atoms with Crippen LogP contribution in [-0.4, -0.2) is 21.9 Å². The summed E-state index contributed by atoms with van der Waals surface area (Å²) in [5, 5.41) is 6.02. The van der Waals surface area contributed by atoms with Crippen LogP contribution in [0.3, 0.4) is 0 Å². The average molecular weight is 312 g/mol. The SMILES string of the molecule is CC(C)NC(=O)c1cc(Nc2ccc(C(C)(C)C)cc2)ncn1. The number of amides is 1. The zero-order valence-corrected chi connectivity index (χ0v) is 14.3. The minimum absolute atomic E-state index is 0.0683. The van der Waals surface area contributed by atoms with E-state index in [-0.39, 0.29) is 17.4 Å². The molecule has 0 saturated heterocycles. The number of rotatable bonds is 4. The summed E-state index contributed by atoms with van der Waals surface area (Å²) in [7, 11) is 0. The first-order chi connectivity index (χ1) is 10.8. The third kappa shape index (κ3) is 4.77. The number of hydrogen-bond donors (Lipinski definition) is 2. The summed E-state index contributed by atoms with van der Waals surface area (Å²) in [5.74, 6) is 0.394. The van der Waals surface area contributed by atoms with Crippen molar-refractivity contribution in [3.8, 4) is 0 Å². The standard InChI is InChI=1S/C18H24N4O/c1-12(2)21-17(23)15-10-16(20-11-19-15)22-14-8-6-13(7-9-14)18(3,4)5/h6-12H,1-5H3,(H,21,23)(H,19,20,22). The Morgan fingerprint density at radius 3 is 2.30 bits per heavy atom. The van der Waals surface area contributed by atoms with Gasteiger partial charge in [-0.2, -0.15) is 0 Å². The number of nitrogens with zero attached hydrogens (tertiary/aromatic N) is 2. The molecular weight excluding hydrogens is 288 g/mol. The summed E-state index contributed by atoms with van der Waals surface area (Å²) in [6.45, 7) is 10.4. The van der Waals surface area contributed by atoms with Crippen molar-refractivity contribution in [2.24, 2.45) is 0 Å². The van der Waals surface area contributed by atoms with Crippen LogP contribution in [0.25, 0.3) is 0 Å². The minimum Gasteiger partial charge on any atom is -0.349 e. The van der Waals surface area contributed by atoms with Crippen LogP contribution in [0.2, 0.25) is 0 Å². The number of carbonyl (C=O) groups excluding carboxylic acids is 1. The third-order valence-corrected chi connectivity index (χ3v) is 3.34. The summed E-state index contributed by atoms with van der Waals surface area (Å²) < 4.78 is 0. The summed E-state index contributed by atoms with van der Waals surface area (Å²) in [5.41, 5.74) is 2.66. The Labute approximate surface area is 137 Å². The van der Waals surface area contributed by atoms with E-state index in [9.17, 15) is 4.79 Å². The molecule has 1 heterocycles. The lowest BCUT2D eigenvalue weighted by Crippen LogP contribution is -2.30. The Hall–Kier alpha value is -2.43. The van der Waals surface area contributed by atoms with Crippen molar-refractivity contribution >= 4 is 17.4 Å². The van der Waals surface area contributed by atoms with Gasteiger partial charge < -0.3 is 10.6 Å². The highest BCUT2D eigenvalue weighted by molar-refractivity contribution is 5.93. The zero-order chi connectivity index (χ0) is 17.0. The fourth-order valence-electron chi connectivity index (χ4n) is 2.09. The molecule has 1 amide bonds. The Kier molecular flexibility index (Phi) is 4.98. The topological polar surface area (TPSA) is 66.9 Å². The molecule has 0 radical (unpaired) electrons. The first kappa shape index (κ1) is 16.9. The van der Waals surface area contributed by atoms with Gasteiger partial charge in [-0.1, -0.05) is 32.9 Å². The van der Waals surface area contributed by atoms with E-state index >= 15 is 0 Å². The van der Waals surface area contributed by atoms with Gasteiger partial charge >= 0.3 is 0 Å². The molecule has 0 bridgehead atoms. The Balaban J connectivity index is 2.13. The molecule has 2 aromatic rings. The first-order valence-electron chi connectivity index (χ1n) is 7.76. The van der Waals surface area contributed by atoms with Crippen molar-refractivity contribution in [3.05, 3.63) is 47.9 Å². The van der Waals surface area contributed by atoms with Gasteiger partial charge in [0, 0.05) is 17.8 Å². The van der Waals surface area contributed by atoms with Gasteiger partial charge in [-0.3, -0.25) is 4.79 Å². The molecular formula is C18H24N4O. The fourth-order valence-corrected chi connectivity index (χ4v) is 2.09. The summed E-state index contributed by atoms with van der Waals surface area (Å²) in [4.78, 5) is 20.2. The van der Waals surface area contributed by atoms with Crippen molar-refractivity contribution in [1.29, 1.82) is 0 Å². The van der Waals surface area contributed by atoms with Gasteiger partial charge in [0.2, 0.25) is 0 Å². The minimum atomic E-state index is -0.200. The van der Waals surface area contributed by atoms with Crippen LogP contribution < -0.4 is 10.6 Å². The average Bonchev–Trinajstić information content (AvgIpc) is 2.46. The van der Waals surface area contributed by atoms with Crippen LogP contribution in [0.1, 0.15) is 50.7 Å². The highest BCUT2D eigenvalue weighted by Gasteiger charge is 2.13. The highest BCUT2D eigenvalue weighted by atomic mass is 16.1. The molecule has 0 atom stereocenters. The Bertz CT molecular complexity index is 672. The van der Waals surface area contributed by atoms with Crippen LogP contribution in [0.4, 0.5) is 11.5 Å². The number of carbonyl (C=O) groups is 1. The van der Waals surface area contributed by atoms with Crippen molar-refractivity contribution in [1.82, 2.24) is 15.3 Å². The van der Waals surface area contributed by atoms with E-state index < -0.39 is 0 Å². The van der Waals surface area contributed by atoms with Crippen LogP contribution in [0, 0.1) is 0 Å².